The standard InChI is InChI=1S/C16H23N3O/c1-11(10-17)3-8-16-18-14-9-13(20-2)6-7-15(14)19(16)12-4-5-12/h6-7,9,11-12H,3-5,8,10,17H2,1-2H3. The van der Waals surface area contributed by atoms with Gasteiger partial charge in [-0.25, -0.2) is 4.98 Å². The summed E-state index contributed by atoms with van der Waals surface area (Å²) in [4.78, 5) is 4.83. The average molecular weight is 273 g/mol. The maximum Gasteiger partial charge on any atom is 0.121 e. The second kappa shape index (κ2) is 5.44. The van der Waals surface area contributed by atoms with Crippen molar-refractivity contribution in [3.8, 4) is 5.75 Å². The Balaban J connectivity index is 1.95. The van der Waals surface area contributed by atoms with Gasteiger partial charge in [0, 0.05) is 18.5 Å². The molecule has 1 fully saturated rings. The molecule has 1 heterocycles. The molecule has 0 aliphatic heterocycles. The second-order valence-corrected chi connectivity index (χ2v) is 5.86. The molecule has 1 aromatic carbocycles. The fourth-order valence-corrected chi connectivity index (χ4v) is 2.67. The van der Waals surface area contributed by atoms with E-state index in [1.54, 1.807) is 7.11 Å². The fourth-order valence-electron chi connectivity index (χ4n) is 2.67. The smallest absolute Gasteiger partial charge is 0.121 e. The molecule has 1 unspecified atom stereocenters. The van der Waals surface area contributed by atoms with E-state index in [9.17, 15) is 0 Å². The Labute approximate surface area is 119 Å². The lowest BCUT2D eigenvalue weighted by Crippen LogP contribution is -2.12. The zero-order valence-electron chi connectivity index (χ0n) is 12.3. The monoisotopic (exact) mass is 273 g/mol. The van der Waals surface area contributed by atoms with Crippen LogP contribution in [0.1, 0.15) is 38.1 Å². The van der Waals surface area contributed by atoms with Gasteiger partial charge in [0.05, 0.1) is 18.1 Å². The van der Waals surface area contributed by atoms with Crippen molar-refractivity contribution in [3.05, 3.63) is 24.0 Å². The third-order valence-corrected chi connectivity index (χ3v) is 4.14. The van der Waals surface area contributed by atoms with Gasteiger partial charge in [0.2, 0.25) is 0 Å². The molecular formula is C16H23N3O. The van der Waals surface area contributed by atoms with Crippen LogP contribution in [0.5, 0.6) is 5.75 Å². The highest BCUT2D eigenvalue weighted by Gasteiger charge is 2.28. The van der Waals surface area contributed by atoms with Crippen LogP contribution >= 0.6 is 0 Å². The van der Waals surface area contributed by atoms with Crippen LogP contribution in [0.25, 0.3) is 11.0 Å². The highest BCUT2D eigenvalue weighted by molar-refractivity contribution is 5.78. The molecule has 1 saturated carbocycles. The van der Waals surface area contributed by atoms with Crippen LogP contribution in [-0.4, -0.2) is 23.2 Å². The molecule has 2 aromatic rings. The molecule has 108 valence electrons. The highest BCUT2D eigenvalue weighted by Crippen LogP contribution is 2.39. The number of hydrogen-bond acceptors (Lipinski definition) is 3. The van der Waals surface area contributed by atoms with Gasteiger partial charge in [0.25, 0.3) is 0 Å². The zero-order chi connectivity index (χ0) is 14.1. The molecule has 1 aliphatic carbocycles. The maximum atomic E-state index is 5.72. The van der Waals surface area contributed by atoms with E-state index in [0.29, 0.717) is 12.0 Å². The summed E-state index contributed by atoms with van der Waals surface area (Å²) in [5.41, 5.74) is 8.00. The quantitative estimate of drug-likeness (QED) is 0.880. The van der Waals surface area contributed by atoms with Crippen LogP contribution < -0.4 is 10.5 Å². The Morgan fingerprint density at radius 1 is 1.45 bits per heavy atom. The Kier molecular flexibility index (Phi) is 3.66. The minimum atomic E-state index is 0.553. The van der Waals surface area contributed by atoms with Crippen LogP contribution in [0.4, 0.5) is 0 Å². The zero-order valence-corrected chi connectivity index (χ0v) is 12.3. The van der Waals surface area contributed by atoms with E-state index in [2.05, 4.69) is 17.6 Å². The molecule has 2 N–H and O–H groups in total. The summed E-state index contributed by atoms with van der Waals surface area (Å²) in [7, 11) is 1.70. The third-order valence-electron chi connectivity index (χ3n) is 4.14. The van der Waals surface area contributed by atoms with Crippen molar-refractivity contribution in [2.24, 2.45) is 11.7 Å². The minimum absolute atomic E-state index is 0.553. The number of rotatable bonds is 6. The van der Waals surface area contributed by atoms with E-state index in [-0.39, 0.29) is 0 Å². The Morgan fingerprint density at radius 2 is 2.25 bits per heavy atom. The SMILES string of the molecule is COc1ccc2c(c1)nc(CCC(C)CN)n2C1CC1. The van der Waals surface area contributed by atoms with Gasteiger partial charge in [0.15, 0.2) is 0 Å². The Hall–Kier alpha value is -1.55. The second-order valence-electron chi connectivity index (χ2n) is 5.86. The first-order valence-electron chi connectivity index (χ1n) is 7.48. The predicted octanol–water partition coefficient (Wildman–Crippen LogP) is 2.91. The number of nitrogens with two attached hydrogens (primary N) is 1. The van der Waals surface area contributed by atoms with Crippen molar-refractivity contribution in [2.45, 2.75) is 38.6 Å². The van der Waals surface area contributed by atoms with E-state index < -0.39 is 0 Å². The minimum Gasteiger partial charge on any atom is -0.497 e. The largest absolute Gasteiger partial charge is 0.497 e. The van der Waals surface area contributed by atoms with Crippen molar-refractivity contribution in [1.29, 1.82) is 0 Å². The van der Waals surface area contributed by atoms with E-state index in [1.165, 1.54) is 24.2 Å². The maximum absolute atomic E-state index is 5.72. The van der Waals surface area contributed by atoms with Gasteiger partial charge in [-0.05, 0) is 43.9 Å². The number of benzene rings is 1. The van der Waals surface area contributed by atoms with Crippen molar-refractivity contribution < 1.29 is 4.74 Å². The van der Waals surface area contributed by atoms with Crippen LogP contribution in [0.15, 0.2) is 18.2 Å². The van der Waals surface area contributed by atoms with E-state index in [1.807, 2.05) is 12.1 Å². The number of nitrogens with zero attached hydrogens (tertiary/aromatic N) is 2. The van der Waals surface area contributed by atoms with Crippen molar-refractivity contribution in [3.63, 3.8) is 0 Å². The Morgan fingerprint density at radius 3 is 2.90 bits per heavy atom. The van der Waals surface area contributed by atoms with Gasteiger partial charge < -0.3 is 15.0 Å². The van der Waals surface area contributed by atoms with Gasteiger partial charge in [-0.2, -0.15) is 0 Å². The lowest BCUT2D eigenvalue weighted by molar-refractivity contribution is 0.415. The molecule has 1 aliphatic rings. The van der Waals surface area contributed by atoms with Crippen LogP contribution in [0, 0.1) is 5.92 Å². The first-order chi connectivity index (χ1) is 9.72. The molecule has 0 spiro atoms. The Bertz CT molecular complexity index is 601. The molecule has 20 heavy (non-hydrogen) atoms. The number of aryl methyl sites for hydroxylation is 1. The van der Waals surface area contributed by atoms with Gasteiger partial charge in [-0.3, -0.25) is 0 Å². The van der Waals surface area contributed by atoms with E-state index in [0.717, 1.165) is 30.7 Å². The van der Waals surface area contributed by atoms with E-state index >= 15 is 0 Å². The van der Waals surface area contributed by atoms with Crippen LogP contribution in [-0.2, 0) is 6.42 Å². The summed E-state index contributed by atoms with van der Waals surface area (Å²) in [5.74, 6) is 2.63. The predicted molar refractivity (Wildman–Crippen MR) is 81.1 cm³/mol. The first kappa shape index (κ1) is 13.4. The van der Waals surface area contributed by atoms with Crippen molar-refractivity contribution >= 4 is 11.0 Å². The highest BCUT2D eigenvalue weighted by atomic mass is 16.5. The molecule has 0 amide bonds. The molecule has 0 saturated heterocycles. The lowest BCUT2D eigenvalue weighted by atomic mass is 10.1. The fraction of sp³-hybridized carbons (Fsp3) is 0.562. The summed E-state index contributed by atoms with van der Waals surface area (Å²) in [6.45, 7) is 2.95. The van der Waals surface area contributed by atoms with Gasteiger partial charge in [0.1, 0.15) is 11.6 Å². The summed E-state index contributed by atoms with van der Waals surface area (Å²) in [6, 6.07) is 6.84. The molecule has 0 bridgehead atoms. The topological polar surface area (TPSA) is 53.1 Å². The number of aromatic nitrogens is 2. The van der Waals surface area contributed by atoms with Gasteiger partial charge in [-0.1, -0.05) is 6.92 Å². The number of hydrogen-bond donors (Lipinski definition) is 1. The normalized spacial score (nSPS) is 16.6. The number of imidazole rings is 1. The average Bonchev–Trinajstić information content (AvgIpc) is 3.24. The summed E-state index contributed by atoms with van der Waals surface area (Å²) in [5, 5.41) is 0. The van der Waals surface area contributed by atoms with Crippen LogP contribution in [0.2, 0.25) is 0 Å². The van der Waals surface area contributed by atoms with E-state index in [4.69, 9.17) is 15.5 Å². The number of methoxy groups -OCH3 is 1. The summed E-state index contributed by atoms with van der Waals surface area (Å²) in [6.07, 6.45) is 4.66. The number of ether oxygens (including phenoxy) is 1. The van der Waals surface area contributed by atoms with Gasteiger partial charge >= 0.3 is 0 Å². The first-order valence-corrected chi connectivity index (χ1v) is 7.48. The lowest BCUT2D eigenvalue weighted by Gasteiger charge is -2.10. The van der Waals surface area contributed by atoms with Crippen molar-refractivity contribution in [1.82, 2.24) is 9.55 Å². The van der Waals surface area contributed by atoms with Gasteiger partial charge in [-0.15, -0.1) is 0 Å². The molecule has 4 nitrogen and oxygen atoms in total. The summed E-state index contributed by atoms with van der Waals surface area (Å²) >= 11 is 0. The molecule has 0 radical (unpaired) electrons. The summed E-state index contributed by atoms with van der Waals surface area (Å²) < 4.78 is 7.73. The molecular weight excluding hydrogens is 250 g/mol. The molecule has 1 aromatic heterocycles. The van der Waals surface area contributed by atoms with Crippen molar-refractivity contribution in [2.75, 3.05) is 13.7 Å². The third kappa shape index (κ3) is 2.52. The molecule has 1 atom stereocenters. The number of fused-ring (bicyclic) bond motifs is 1. The molecule has 4 heteroatoms. The van der Waals surface area contributed by atoms with Crippen LogP contribution in [0.3, 0.4) is 0 Å². The molecule has 3 rings (SSSR count).